The maximum atomic E-state index is 12.6. The summed E-state index contributed by atoms with van der Waals surface area (Å²) in [5, 5.41) is 10.8. The van der Waals surface area contributed by atoms with E-state index >= 15 is 0 Å². The number of nitro benzene ring substituents is 1. The summed E-state index contributed by atoms with van der Waals surface area (Å²) in [5.74, 6) is 0. The first-order valence-corrected chi connectivity index (χ1v) is 8.27. The number of non-ortho nitro benzene ring substituents is 1. The highest BCUT2D eigenvalue weighted by molar-refractivity contribution is 7.89. The van der Waals surface area contributed by atoms with Crippen LogP contribution in [0.1, 0.15) is 6.42 Å². The van der Waals surface area contributed by atoms with Gasteiger partial charge in [0.15, 0.2) is 0 Å². The number of nitrogens with zero attached hydrogens (tertiary/aromatic N) is 3. The molecule has 1 aromatic carbocycles. The maximum Gasteiger partial charge on any atom is 0.270 e. The zero-order chi connectivity index (χ0) is 15.6. The molecule has 1 fully saturated rings. The SMILES string of the molecule is CN1CCCN(S(=O)(=O)c2cc([N+](=O)[O-])ccc2Cl)CC1. The fourth-order valence-electron chi connectivity index (χ4n) is 2.21. The summed E-state index contributed by atoms with van der Waals surface area (Å²) in [7, 11) is -1.90. The highest BCUT2D eigenvalue weighted by atomic mass is 35.5. The Morgan fingerprint density at radius 2 is 1.95 bits per heavy atom. The van der Waals surface area contributed by atoms with Crippen molar-refractivity contribution in [2.24, 2.45) is 0 Å². The molecular formula is C12H16ClN3O4S. The minimum Gasteiger partial charge on any atom is -0.305 e. The van der Waals surface area contributed by atoms with Gasteiger partial charge >= 0.3 is 0 Å². The number of hydrogen-bond acceptors (Lipinski definition) is 5. The fraction of sp³-hybridized carbons (Fsp3) is 0.500. The van der Waals surface area contributed by atoms with E-state index < -0.39 is 14.9 Å². The monoisotopic (exact) mass is 333 g/mol. The average Bonchev–Trinajstić information content (AvgIpc) is 2.64. The first-order valence-electron chi connectivity index (χ1n) is 6.45. The van der Waals surface area contributed by atoms with Gasteiger partial charge in [0.2, 0.25) is 10.0 Å². The van der Waals surface area contributed by atoms with Gasteiger partial charge in [0.25, 0.3) is 5.69 Å². The Bertz CT molecular complexity index is 650. The summed E-state index contributed by atoms with van der Waals surface area (Å²) in [6.45, 7) is 2.16. The molecule has 0 unspecified atom stereocenters. The Hall–Kier alpha value is -1.22. The molecule has 1 aromatic rings. The zero-order valence-electron chi connectivity index (χ0n) is 11.5. The Morgan fingerprint density at radius 1 is 1.24 bits per heavy atom. The number of benzene rings is 1. The molecule has 0 atom stereocenters. The molecule has 9 heteroatoms. The molecule has 0 N–H and O–H groups in total. The van der Waals surface area contributed by atoms with Crippen LogP contribution in [-0.2, 0) is 10.0 Å². The molecule has 21 heavy (non-hydrogen) atoms. The van der Waals surface area contributed by atoms with E-state index in [1.165, 1.54) is 16.4 Å². The van der Waals surface area contributed by atoms with Gasteiger partial charge in [-0.2, -0.15) is 4.31 Å². The molecule has 0 radical (unpaired) electrons. The van der Waals surface area contributed by atoms with Crippen LogP contribution in [0.3, 0.4) is 0 Å². The second-order valence-electron chi connectivity index (χ2n) is 4.93. The van der Waals surface area contributed by atoms with E-state index in [0.717, 1.165) is 12.6 Å². The fourth-order valence-corrected chi connectivity index (χ4v) is 4.17. The second kappa shape index (κ2) is 6.27. The molecule has 0 aromatic heterocycles. The lowest BCUT2D eigenvalue weighted by atomic mass is 10.3. The first kappa shape index (κ1) is 16.2. The highest BCUT2D eigenvalue weighted by Gasteiger charge is 2.29. The van der Waals surface area contributed by atoms with Crippen molar-refractivity contribution >= 4 is 27.3 Å². The molecule has 0 spiro atoms. The standard InChI is InChI=1S/C12H16ClN3O4S/c1-14-5-2-6-15(8-7-14)21(19,20)12-9-10(16(17)18)3-4-11(12)13/h3-4,9H,2,5-8H2,1H3. The Balaban J connectivity index is 2.39. The van der Waals surface area contributed by atoms with Gasteiger partial charge in [-0.3, -0.25) is 10.1 Å². The summed E-state index contributed by atoms with van der Waals surface area (Å²) in [6, 6.07) is 3.46. The highest BCUT2D eigenvalue weighted by Crippen LogP contribution is 2.29. The predicted molar refractivity (Wildman–Crippen MR) is 79.0 cm³/mol. The summed E-state index contributed by atoms with van der Waals surface area (Å²) >= 11 is 5.94. The van der Waals surface area contributed by atoms with E-state index in [0.29, 0.717) is 26.1 Å². The van der Waals surface area contributed by atoms with Crippen molar-refractivity contribution < 1.29 is 13.3 Å². The molecule has 116 valence electrons. The van der Waals surface area contributed by atoms with Crippen LogP contribution in [0.4, 0.5) is 5.69 Å². The number of hydrogen-bond donors (Lipinski definition) is 0. The lowest BCUT2D eigenvalue weighted by molar-refractivity contribution is -0.385. The Kier molecular flexibility index (Phi) is 4.82. The van der Waals surface area contributed by atoms with Crippen LogP contribution >= 0.6 is 11.6 Å². The largest absolute Gasteiger partial charge is 0.305 e. The van der Waals surface area contributed by atoms with Crippen LogP contribution in [0.2, 0.25) is 5.02 Å². The van der Waals surface area contributed by atoms with Crippen molar-refractivity contribution in [3.8, 4) is 0 Å². The molecule has 1 aliphatic rings. The van der Waals surface area contributed by atoms with E-state index in [1.54, 1.807) is 0 Å². The molecule has 1 aliphatic heterocycles. The molecular weight excluding hydrogens is 318 g/mol. The third-order valence-electron chi connectivity index (χ3n) is 3.42. The summed E-state index contributed by atoms with van der Waals surface area (Å²) in [4.78, 5) is 12.0. The first-order chi connectivity index (χ1) is 9.82. The van der Waals surface area contributed by atoms with Crippen LogP contribution in [0.25, 0.3) is 0 Å². The number of sulfonamides is 1. The number of halogens is 1. The van der Waals surface area contributed by atoms with Crippen LogP contribution in [0.15, 0.2) is 23.1 Å². The second-order valence-corrected chi connectivity index (χ2v) is 7.25. The number of nitro groups is 1. The van der Waals surface area contributed by atoms with Gasteiger partial charge in [-0.15, -0.1) is 0 Å². The number of rotatable bonds is 3. The smallest absolute Gasteiger partial charge is 0.270 e. The minimum absolute atomic E-state index is 0.00167. The molecule has 7 nitrogen and oxygen atoms in total. The topological polar surface area (TPSA) is 83.8 Å². The van der Waals surface area contributed by atoms with Crippen LogP contribution in [0, 0.1) is 10.1 Å². The Labute approximate surface area is 128 Å². The van der Waals surface area contributed by atoms with E-state index in [-0.39, 0.29) is 15.6 Å². The van der Waals surface area contributed by atoms with Crippen molar-refractivity contribution in [3.63, 3.8) is 0 Å². The van der Waals surface area contributed by atoms with E-state index in [4.69, 9.17) is 11.6 Å². The van der Waals surface area contributed by atoms with E-state index in [1.807, 2.05) is 11.9 Å². The maximum absolute atomic E-state index is 12.6. The van der Waals surface area contributed by atoms with Gasteiger partial charge in [-0.25, -0.2) is 8.42 Å². The van der Waals surface area contributed by atoms with Crippen molar-refractivity contribution in [1.82, 2.24) is 9.21 Å². The van der Waals surface area contributed by atoms with Gasteiger partial charge in [-0.05, 0) is 26.1 Å². The van der Waals surface area contributed by atoms with Crippen molar-refractivity contribution in [1.29, 1.82) is 0 Å². The Morgan fingerprint density at radius 3 is 2.62 bits per heavy atom. The van der Waals surface area contributed by atoms with Gasteiger partial charge in [0.1, 0.15) is 4.90 Å². The van der Waals surface area contributed by atoms with Crippen molar-refractivity contribution in [3.05, 3.63) is 33.3 Å². The van der Waals surface area contributed by atoms with Gasteiger partial charge in [-0.1, -0.05) is 11.6 Å². The minimum atomic E-state index is -3.83. The van der Waals surface area contributed by atoms with Crippen molar-refractivity contribution in [2.45, 2.75) is 11.3 Å². The van der Waals surface area contributed by atoms with Crippen LogP contribution in [0.5, 0.6) is 0 Å². The summed E-state index contributed by atoms with van der Waals surface area (Å²) < 4.78 is 26.6. The molecule has 0 saturated carbocycles. The molecule has 1 saturated heterocycles. The molecule has 1 heterocycles. The molecule has 2 rings (SSSR count). The normalized spacial score (nSPS) is 18.4. The van der Waals surface area contributed by atoms with E-state index in [2.05, 4.69) is 0 Å². The third-order valence-corrected chi connectivity index (χ3v) is 5.80. The molecule has 0 aliphatic carbocycles. The quantitative estimate of drug-likeness (QED) is 0.619. The van der Waals surface area contributed by atoms with Gasteiger partial charge in [0, 0.05) is 31.8 Å². The van der Waals surface area contributed by atoms with Gasteiger partial charge < -0.3 is 4.90 Å². The summed E-state index contributed by atoms with van der Waals surface area (Å²) in [6.07, 6.45) is 0.711. The van der Waals surface area contributed by atoms with Gasteiger partial charge in [0.05, 0.1) is 9.95 Å². The third kappa shape index (κ3) is 3.52. The predicted octanol–water partition coefficient (Wildman–Crippen LogP) is 1.57. The molecule has 0 amide bonds. The number of likely N-dealkylation sites (N-methyl/N-ethyl adjacent to an activating group) is 1. The lowest BCUT2D eigenvalue weighted by Crippen LogP contribution is -2.34. The average molecular weight is 334 g/mol. The molecule has 0 bridgehead atoms. The summed E-state index contributed by atoms with van der Waals surface area (Å²) in [5.41, 5.74) is -0.287. The van der Waals surface area contributed by atoms with Crippen LogP contribution in [-0.4, -0.2) is 55.8 Å². The van der Waals surface area contributed by atoms with Crippen LogP contribution < -0.4 is 0 Å². The van der Waals surface area contributed by atoms with E-state index in [9.17, 15) is 18.5 Å². The zero-order valence-corrected chi connectivity index (χ0v) is 13.1. The lowest BCUT2D eigenvalue weighted by Gasteiger charge is -2.20. The van der Waals surface area contributed by atoms with Crippen molar-refractivity contribution in [2.75, 3.05) is 33.2 Å².